The van der Waals surface area contributed by atoms with Gasteiger partial charge in [0.1, 0.15) is 90.7 Å². The molecule has 47 heteroatoms. The third-order valence-electron chi connectivity index (χ3n) is 17.3. The Morgan fingerprint density at radius 1 is 0.458 bits per heavy atom. The predicted molar refractivity (Wildman–Crippen MR) is 417 cm³/mol. The van der Waals surface area contributed by atoms with Crippen LogP contribution in [0.4, 0.5) is 89.1 Å². The Bertz CT molecular complexity index is 5610. The largest absolute Gasteiger partial charge is 0.405 e. The van der Waals surface area contributed by atoms with Crippen molar-refractivity contribution in [2.75, 3.05) is 53.6 Å². The minimum atomic E-state index is -4.63. The third-order valence-corrected chi connectivity index (χ3v) is 18.1. The molecule has 1 saturated heterocycles. The summed E-state index contributed by atoms with van der Waals surface area (Å²) in [6.45, 7) is 4.16. The van der Waals surface area contributed by atoms with Crippen molar-refractivity contribution < 1.29 is 85.0 Å². The first-order valence-corrected chi connectivity index (χ1v) is 37.3. The first kappa shape index (κ1) is 90.6. The Morgan fingerprint density at radius 2 is 0.817 bits per heavy atom. The average Bonchev–Trinajstić information content (AvgIpc) is 1.70. The highest BCUT2D eigenvalue weighted by atomic mass is 35.5. The number of hydrogen-bond acceptors (Lipinski definition) is 20. The molecular formula is C73H69Cl4F15N24O4. The van der Waals surface area contributed by atoms with Gasteiger partial charge in [-0.3, -0.25) is 19.2 Å². The zero-order valence-electron chi connectivity index (χ0n) is 63.1. The van der Waals surface area contributed by atoms with Gasteiger partial charge in [0.05, 0.1) is 39.0 Å². The van der Waals surface area contributed by atoms with E-state index in [-0.39, 0.29) is 35.1 Å². The standard InChI is InChI=1S/C19H20ClF3N6O.C18H14ClF5N6O.C18H17ClF4N6O.C18H18ClF3N6O/c1-10(2)5-14(18(30)27-9-19(21,22)23)28-15-3-4-24-17(29-15)13-8-26-16-12(13)6-11(20)7-25-16;19-8-1-10-11(4-26-14(10)25-3-8)15-27-5-12(21)16(29-15)30-6-9(20)2-13(30)17(31)28-7-18(22,23)24;1-8(2)13(17(30)27-7-18(21,22)23)28-16-12(20)6-26-15(29-16)11-5-25-14-10(11)3-9(19)4-24-14;1-9(2)14(17(29)26-8-18(20,21)22)27-13-3-4-23-16(28-13)12-7-25-15-11(12)5-10(19)6-24-15/h3-4,6-8,10,14H,5,9H2,1-2H3,(H,25,26)(H,27,30)(H,24,28,29);1,3-5,9,13H,2,6-7H2,(H,25,26)(H,28,31);3-6,8,13H,7H2,1-2H3,(H,24,25)(H,27,30)(H,26,28,29);3-7,9,14H,8H2,1-2H3,(H,24,25)(H,26,29)(H,23,27,28)/t14-;9-,13+;13-;14-/m1111/s1. The van der Waals surface area contributed by atoms with E-state index >= 15 is 0 Å². The van der Waals surface area contributed by atoms with Gasteiger partial charge >= 0.3 is 24.7 Å². The number of aromatic nitrogens is 16. The zero-order valence-corrected chi connectivity index (χ0v) is 66.1. The van der Waals surface area contributed by atoms with Crippen LogP contribution in [0.3, 0.4) is 0 Å². The summed E-state index contributed by atoms with van der Waals surface area (Å²) in [7, 11) is 0. The van der Waals surface area contributed by atoms with E-state index in [0.29, 0.717) is 105 Å². The van der Waals surface area contributed by atoms with Crippen molar-refractivity contribution in [1.29, 1.82) is 0 Å². The molecule has 0 bridgehead atoms. The molecule has 120 heavy (non-hydrogen) atoms. The Labute approximate surface area is 689 Å². The topological polar surface area (TPSA) is 374 Å². The molecule has 0 saturated carbocycles. The summed E-state index contributed by atoms with van der Waals surface area (Å²) >= 11 is 24.0. The Hall–Kier alpha value is -11.7. The lowest BCUT2D eigenvalue weighted by molar-refractivity contribution is -0.139. The summed E-state index contributed by atoms with van der Waals surface area (Å²) in [4.78, 5) is 112. The van der Waals surface area contributed by atoms with Crippen LogP contribution < -0.4 is 42.1 Å². The molecule has 1 aliphatic heterocycles. The molecular weight excluding hydrogens is 1700 g/mol. The van der Waals surface area contributed by atoms with Gasteiger partial charge in [0, 0.05) is 112 Å². The van der Waals surface area contributed by atoms with Crippen molar-refractivity contribution in [2.24, 2.45) is 17.8 Å². The Balaban J connectivity index is 0.000000168. The summed E-state index contributed by atoms with van der Waals surface area (Å²) in [5.41, 5.74) is 4.45. The molecule has 1 aliphatic rings. The quantitative estimate of drug-likeness (QED) is 0.0265. The van der Waals surface area contributed by atoms with E-state index in [1.807, 2.05) is 24.5 Å². The van der Waals surface area contributed by atoms with Crippen LogP contribution in [0.1, 0.15) is 54.4 Å². The SMILES string of the molecule is CC(C)C[C@@H](Nc1ccnc(-c2c[nH]c3ncc(Cl)cc23)n1)C(=O)NCC(F)(F)F.CC(C)[C@@H](Nc1ccnc(-c2c[nH]c3ncc(Cl)cc23)n1)C(=O)NCC(F)(F)F.CC(C)[C@@H](Nc1nc(-c2c[nH]c3ncc(Cl)cc23)ncc1F)C(=O)NCC(F)(F)F.O=C(NCC(F)(F)F)[C@@H]1C[C@@H](F)CN1c1nc(-c2c[nH]c3ncc(Cl)cc23)ncc1F. The number of halogens is 19. The third kappa shape index (κ3) is 24.7. The molecule has 1 fully saturated rings. The van der Waals surface area contributed by atoms with Crippen molar-refractivity contribution in [3.05, 3.63) is 142 Å². The molecule has 0 aromatic carbocycles. The number of H-pyrrole nitrogens is 4. The average molecular weight is 1770 g/mol. The summed E-state index contributed by atoms with van der Waals surface area (Å²) in [5, 5.41) is 20.0. The van der Waals surface area contributed by atoms with Gasteiger partial charge in [-0.1, -0.05) is 87.9 Å². The first-order chi connectivity index (χ1) is 56.4. The first-order valence-electron chi connectivity index (χ1n) is 35.7. The molecule has 0 unspecified atom stereocenters. The summed E-state index contributed by atoms with van der Waals surface area (Å²) in [5.74, 6) is -5.17. The van der Waals surface area contributed by atoms with E-state index in [9.17, 15) is 85.0 Å². The maximum absolute atomic E-state index is 14.5. The van der Waals surface area contributed by atoms with Crippen molar-refractivity contribution in [2.45, 2.75) is 109 Å². The number of alkyl halides is 13. The van der Waals surface area contributed by atoms with E-state index in [0.717, 1.165) is 28.1 Å². The van der Waals surface area contributed by atoms with E-state index in [1.54, 1.807) is 87.3 Å². The van der Waals surface area contributed by atoms with E-state index in [4.69, 9.17) is 46.4 Å². The molecule has 4 amide bonds. The second-order valence-electron chi connectivity index (χ2n) is 27.7. The summed E-state index contributed by atoms with van der Waals surface area (Å²) < 4.78 is 192. The number of carbonyl (C=O) groups excluding carboxylic acids is 4. The fourth-order valence-electron chi connectivity index (χ4n) is 11.8. The second kappa shape index (κ2) is 38.6. The highest BCUT2D eigenvalue weighted by Crippen LogP contribution is 2.36. The minimum Gasteiger partial charge on any atom is -0.358 e. The van der Waals surface area contributed by atoms with Crippen LogP contribution in [-0.4, -0.2) is 191 Å². The lowest BCUT2D eigenvalue weighted by atomic mass is 10.0. The molecule has 638 valence electrons. The van der Waals surface area contributed by atoms with E-state index in [2.05, 4.69) is 95.7 Å². The number of pyridine rings is 4. The monoisotopic (exact) mass is 1770 g/mol. The summed E-state index contributed by atoms with van der Waals surface area (Å²) in [6.07, 6.45) is -2.64. The number of nitrogens with one attached hydrogen (secondary N) is 11. The molecule has 28 nitrogen and oxygen atoms in total. The fourth-order valence-corrected chi connectivity index (χ4v) is 12.4. The van der Waals surface area contributed by atoms with Crippen molar-refractivity contribution in [3.8, 4) is 45.6 Å². The number of carbonyl (C=O) groups is 4. The minimum absolute atomic E-state index is 0.0449. The second-order valence-corrected chi connectivity index (χ2v) is 29.4. The maximum Gasteiger partial charge on any atom is 0.405 e. The van der Waals surface area contributed by atoms with E-state index in [1.165, 1.54) is 49.4 Å². The lowest BCUT2D eigenvalue weighted by Crippen LogP contribution is -2.46. The van der Waals surface area contributed by atoms with Crippen LogP contribution in [0.2, 0.25) is 20.1 Å². The molecule has 5 atom stereocenters. The normalized spacial score (nSPS) is 14.6. The van der Waals surface area contributed by atoms with Crippen LogP contribution in [0.25, 0.3) is 89.7 Å². The van der Waals surface area contributed by atoms with Gasteiger partial charge in [-0.25, -0.2) is 73.0 Å². The van der Waals surface area contributed by atoms with Crippen LogP contribution in [-0.2, 0) is 19.2 Å². The molecule has 0 aliphatic carbocycles. The summed E-state index contributed by atoms with van der Waals surface area (Å²) in [6, 6.07) is 5.49. The molecule has 12 aromatic rings. The van der Waals surface area contributed by atoms with Gasteiger partial charge in [0.2, 0.25) is 23.6 Å². The van der Waals surface area contributed by atoms with Gasteiger partial charge in [-0.05, 0) is 60.6 Å². The van der Waals surface area contributed by atoms with Crippen LogP contribution in [0.15, 0.2) is 111 Å². The number of nitrogens with zero attached hydrogens (tertiary/aromatic N) is 13. The van der Waals surface area contributed by atoms with Gasteiger partial charge in [-0.2, -0.15) is 52.7 Å². The number of aromatic amines is 4. The molecule has 13 rings (SSSR count). The number of anilines is 4. The predicted octanol–water partition coefficient (Wildman–Crippen LogP) is 15.3. The maximum atomic E-state index is 14.5. The highest BCUT2D eigenvalue weighted by Gasteiger charge is 2.42. The van der Waals surface area contributed by atoms with Crippen molar-refractivity contribution >= 4 is 137 Å². The Kier molecular flexibility index (Phi) is 29.1. The zero-order chi connectivity index (χ0) is 87.5. The highest BCUT2D eigenvalue weighted by molar-refractivity contribution is 6.32. The molecule has 0 radical (unpaired) electrons. The lowest BCUT2D eigenvalue weighted by Gasteiger charge is -2.25. The number of fused-ring (bicyclic) bond motifs is 4. The molecule has 13 heterocycles. The van der Waals surface area contributed by atoms with Gasteiger partial charge in [0.15, 0.2) is 46.6 Å². The van der Waals surface area contributed by atoms with E-state index < -0.39 is 135 Å². The smallest absolute Gasteiger partial charge is 0.358 e. The van der Waals surface area contributed by atoms with Crippen LogP contribution >= 0.6 is 46.4 Å². The van der Waals surface area contributed by atoms with Crippen molar-refractivity contribution in [1.82, 2.24) is 101 Å². The molecule has 12 aromatic heterocycles. The number of hydrogen-bond donors (Lipinski definition) is 11. The van der Waals surface area contributed by atoms with Gasteiger partial charge < -0.3 is 62.1 Å². The molecule has 11 N–H and O–H groups in total. The number of amides is 4. The van der Waals surface area contributed by atoms with Crippen LogP contribution in [0.5, 0.6) is 0 Å². The van der Waals surface area contributed by atoms with Gasteiger partial charge in [-0.15, -0.1) is 0 Å². The molecule has 0 spiro atoms. The van der Waals surface area contributed by atoms with Gasteiger partial charge in [0.25, 0.3) is 0 Å². The Morgan fingerprint density at radius 3 is 1.21 bits per heavy atom. The van der Waals surface area contributed by atoms with Crippen LogP contribution in [0, 0.1) is 29.4 Å². The van der Waals surface area contributed by atoms with Crippen molar-refractivity contribution in [3.63, 3.8) is 0 Å². The fraction of sp³-hybridized carbons (Fsp3) is 0.342. The number of rotatable bonds is 23.